The van der Waals surface area contributed by atoms with Gasteiger partial charge < -0.3 is 10.3 Å². The van der Waals surface area contributed by atoms with Crippen molar-refractivity contribution in [3.63, 3.8) is 0 Å². The van der Waals surface area contributed by atoms with Gasteiger partial charge in [-0.1, -0.05) is 59.6 Å². The Kier molecular flexibility index (Phi) is 16.4. The minimum Gasteiger partial charge on any atom is -0.337 e. The fourth-order valence-electron chi connectivity index (χ4n) is 2.49. The zero-order chi connectivity index (χ0) is 21.2. The number of hydrogen-bond donors (Lipinski definition) is 1. The highest BCUT2D eigenvalue weighted by Gasteiger charge is 2.00. The van der Waals surface area contributed by atoms with Gasteiger partial charge in [-0.15, -0.1) is 5.10 Å². The molecule has 6 heteroatoms. The topological polar surface area (TPSA) is 74.6 Å². The zero-order valence-electron chi connectivity index (χ0n) is 19.2. The average molecular weight is 393 g/mol. The minimum atomic E-state index is 0.622. The van der Waals surface area contributed by atoms with Gasteiger partial charge in [0.25, 0.3) is 0 Å². The van der Waals surface area contributed by atoms with Gasteiger partial charge in [-0.25, -0.2) is 4.98 Å². The van der Waals surface area contributed by atoms with Gasteiger partial charge in [-0.05, 0) is 38.0 Å². The standard InChI is InChI=1S/C12H22N2.C8H16N4.C2H6/c1-4-5-8-14-9-12(13-10-14)7-6-11(2)3;1-2-3-4-8-7-12(6-5-9)11-10-8;1-2/h9-11H,4-8H2,1-3H3;7H,2-6,9H2,1H3;1-2H3. The molecular formula is C22H44N6. The fourth-order valence-corrected chi connectivity index (χ4v) is 2.49. The number of aryl methyl sites for hydroxylation is 3. The molecule has 0 saturated heterocycles. The van der Waals surface area contributed by atoms with E-state index in [1.807, 2.05) is 26.4 Å². The molecule has 28 heavy (non-hydrogen) atoms. The van der Waals surface area contributed by atoms with E-state index < -0.39 is 0 Å². The van der Waals surface area contributed by atoms with Crippen LogP contribution in [0, 0.1) is 5.92 Å². The third-order valence-corrected chi connectivity index (χ3v) is 4.17. The molecule has 0 atom stereocenters. The first-order valence-electron chi connectivity index (χ1n) is 11.2. The van der Waals surface area contributed by atoms with Crippen LogP contribution in [-0.4, -0.2) is 31.1 Å². The highest BCUT2D eigenvalue weighted by Crippen LogP contribution is 2.07. The van der Waals surface area contributed by atoms with Crippen LogP contribution in [0.2, 0.25) is 0 Å². The lowest BCUT2D eigenvalue weighted by Crippen LogP contribution is -2.10. The Morgan fingerprint density at radius 3 is 2.29 bits per heavy atom. The zero-order valence-corrected chi connectivity index (χ0v) is 19.2. The molecular weight excluding hydrogens is 348 g/mol. The van der Waals surface area contributed by atoms with Crippen LogP contribution in [0.1, 0.15) is 85.0 Å². The second-order valence-corrected chi connectivity index (χ2v) is 7.25. The predicted octanol–water partition coefficient (Wildman–Crippen LogP) is 4.88. The van der Waals surface area contributed by atoms with Gasteiger partial charge in [-0.3, -0.25) is 4.68 Å². The minimum absolute atomic E-state index is 0.622. The van der Waals surface area contributed by atoms with Crippen LogP contribution >= 0.6 is 0 Å². The molecule has 0 saturated carbocycles. The summed E-state index contributed by atoms with van der Waals surface area (Å²) in [6.07, 6.45) is 14.4. The van der Waals surface area contributed by atoms with Gasteiger partial charge in [-0.2, -0.15) is 0 Å². The molecule has 0 fully saturated rings. The van der Waals surface area contributed by atoms with E-state index in [4.69, 9.17) is 5.73 Å². The van der Waals surface area contributed by atoms with E-state index in [-0.39, 0.29) is 0 Å². The third kappa shape index (κ3) is 12.7. The van der Waals surface area contributed by atoms with E-state index in [2.05, 4.69) is 53.8 Å². The molecule has 2 N–H and O–H groups in total. The molecule has 2 aromatic heterocycles. The average Bonchev–Trinajstić information content (AvgIpc) is 3.35. The van der Waals surface area contributed by atoms with E-state index in [1.54, 1.807) is 4.68 Å². The summed E-state index contributed by atoms with van der Waals surface area (Å²) in [5.41, 5.74) is 7.70. The molecule has 0 radical (unpaired) electrons. The first-order chi connectivity index (χ1) is 13.6. The molecule has 0 unspecified atom stereocenters. The second kappa shape index (κ2) is 17.4. The molecule has 2 aromatic rings. The molecule has 2 heterocycles. The quantitative estimate of drug-likeness (QED) is 0.591. The Morgan fingerprint density at radius 1 is 0.964 bits per heavy atom. The van der Waals surface area contributed by atoms with Gasteiger partial charge in [0.15, 0.2) is 0 Å². The van der Waals surface area contributed by atoms with Gasteiger partial charge in [0.1, 0.15) is 0 Å². The van der Waals surface area contributed by atoms with E-state index in [1.165, 1.54) is 37.8 Å². The van der Waals surface area contributed by atoms with Crippen molar-refractivity contribution in [3.05, 3.63) is 30.1 Å². The maximum atomic E-state index is 5.38. The Balaban J connectivity index is 0.000000483. The highest BCUT2D eigenvalue weighted by molar-refractivity contribution is 4.96. The number of hydrogen-bond acceptors (Lipinski definition) is 4. The van der Waals surface area contributed by atoms with Gasteiger partial charge in [0, 0.05) is 25.5 Å². The normalized spacial score (nSPS) is 10.3. The Bertz CT molecular complexity index is 573. The largest absolute Gasteiger partial charge is 0.337 e. The molecule has 2 rings (SSSR count). The van der Waals surface area contributed by atoms with Crippen LogP contribution in [0.3, 0.4) is 0 Å². The van der Waals surface area contributed by atoms with Crippen LogP contribution in [0.15, 0.2) is 18.7 Å². The summed E-state index contributed by atoms with van der Waals surface area (Å²) in [6.45, 7) is 15.4. The van der Waals surface area contributed by atoms with Crippen molar-refractivity contribution >= 4 is 0 Å². The monoisotopic (exact) mass is 392 g/mol. The first-order valence-corrected chi connectivity index (χ1v) is 11.2. The number of rotatable bonds is 11. The van der Waals surface area contributed by atoms with Crippen molar-refractivity contribution in [2.75, 3.05) is 6.54 Å². The summed E-state index contributed by atoms with van der Waals surface area (Å²) < 4.78 is 4.00. The summed E-state index contributed by atoms with van der Waals surface area (Å²) in [4.78, 5) is 4.40. The maximum Gasteiger partial charge on any atom is 0.0949 e. The Hall–Kier alpha value is -1.69. The number of nitrogens with two attached hydrogens (primary N) is 1. The molecule has 0 aliphatic heterocycles. The first kappa shape index (κ1) is 26.3. The van der Waals surface area contributed by atoms with Crippen LogP contribution in [0.25, 0.3) is 0 Å². The van der Waals surface area contributed by atoms with Crippen LogP contribution < -0.4 is 5.73 Å². The van der Waals surface area contributed by atoms with Gasteiger partial charge >= 0.3 is 0 Å². The number of nitrogens with zero attached hydrogens (tertiary/aromatic N) is 5. The van der Waals surface area contributed by atoms with E-state index in [9.17, 15) is 0 Å². The van der Waals surface area contributed by atoms with Gasteiger partial charge in [0.05, 0.1) is 24.3 Å². The van der Waals surface area contributed by atoms with E-state index in [0.717, 1.165) is 37.5 Å². The smallest absolute Gasteiger partial charge is 0.0949 e. The van der Waals surface area contributed by atoms with Crippen molar-refractivity contribution in [1.82, 2.24) is 24.5 Å². The number of unbranched alkanes of at least 4 members (excludes halogenated alkanes) is 2. The lowest BCUT2D eigenvalue weighted by molar-refractivity contribution is 0.581. The third-order valence-electron chi connectivity index (χ3n) is 4.17. The van der Waals surface area contributed by atoms with Crippen LogP contribution in [0.4, 0.5) is 0 Å². The van der Waals surface area contributed by atoms with Gasteiger partial charge in [0.2, 0.25) is 0 Å². The number of aromatic nitrogens is 5. The molecule has 0 amide bonds. The lowest BCUT2D eigenvalue weighted by atomic mass is 10.1. The molecule has 0 aliphatic carbocycles. The molecule has 6 nitrogen and oxygen atoms in total. The summed E-state index contributed by atoms with van der Waals surface area (Å²) in [6, 6.07) is 0. The summed E-state index contributed by atoms with van der Waals surface area (Å²) >= 11 is 0. The molecule has 0 aliphatic rings. The van der Waals surface area contributed by atoms with Crippen molar-refractivity contribution in [2.45, 2.75) is 99.6 Å². The SMILES string of the molecule is CC.CCCCc1cn(CCN)nn1.CCCCn1cnc(CCC(C)C)c1. The molecule has 162 valence electrons. The van der Waals surface area contributed by atoms with Crippen molar-refractivity contribution < 1.29 is 0 Å². The maximum absolute atomic E-state index is 5.38. The Labute approximate surface area is 172 Å². The summed E-state index contributed by atoms with van der Waals surface area (Å²) in [5.74, 6) is 0.774. The molecule has 0 aromatic carbocycles. The van der Waals surface area contributed by atoms with E-state index >= 15 is 0 Å². The van der Waals surface area contributed by atoms with Crippen molar-refractivity contribution in [1.29, 1.82) is 0 Å². The predicted molar refractivity (Wildman–Crippen MR) is 119 cm³/mol. The van der Waals surface area contributed by atoms with Crippen molar-refractivity contribution in [3.8, 4) is 0 Å². The van der Waals surface area contributed by atoms with E-state index in [0.29, 0.717) is 6.54 Å². The summed E-state index contributed by atoms with van der Waals surface area (Å²) in [5, 5.41) is 7.98. The lowest BCUT2D eigenvalue weighted by Gasteiger charge is -2.01. The number of imidazole rings is 1. The molecule has 0 bridgehead atoms. The second-order valence-electron chi connectivity index (χ2n) is 7.25. The van der Waals surface area contributed by atoms with Crippen molar-refractivity contribution in [2.24, 2.45) is 11.7 Å². The molecule has 0 spiro atoms. The highest BCUT2D eigenvalue weighted by atomic mass is 15.4. The van der Waals surface area contributed by atoms with Crippen LogP contribution in [0.5, 0.6) is 0 Å². The Morgan fingerprint density at radius 2 is 1.68 bits per heavy atom. The summed E-state index contributed by atoms with van der Waals surface area (Å²) in [7, 11) is 0. The van der Waals surface area contributed by atoms with Crippen LogP contribution in [-0.2, 0) is 25.9 Å². The fraction of sp³-hybridized carbons (Fsp3) is 0.773.